The zero-order chi connectivity index (χ0) is 14.5. The molecular weight excluding hydrogens is 294 g/mol. The highest BCUT2D eigenvalue weighted by Gasteiger charge is 2.34. The average molecular weight is 322 g/mol. The largest absolute Gasteiger partial charge is 0.314 e. The summed E-state index contributed by atoms with van der Waals surface area (Å²) in [6.45, 7) is 5.06. The fraction of sp³-hybridized carbons (Fsp3) is 1.00. The van der Waals surface area contributed by atoms with Crippen molar-refractivity contribution in [3.63, 3.8) is 0 Å². The molecule has 1 saturated heterocycles. The molecule has 1 aliphatic heterocycles. The lowest BCUT2D eigenvalue weighted by Gasteiger charge is -2.28. The van der Waals surface area contributed by atoms with Crippen LogP contribution in [-0.2, 0) is 10.0 Å². The highest BCUT2D eigenvalue weighted by atomic mass is 32.2. The fourth-order valence-corrected chi connectivity index (χ4v) is 5.11. The summed E-state index contributed by atoms with van der Waals surface area (Å²) in [7, 11) is -3.14. The predicted octanol–water partition coefficient (Wildman–Crippen LogP) is 0.487. The number of nitrogens with zero attached hydrogens (tertiary/aromatic N) is 1. The number of rotatable bonds is 7. The molecule has 7 heteroatoms. The summed E-state index contributed by atoms with van der Waals surface area (Å²) in [6.07, 6.45) is 6.82. The molecule has 20 heavy (non-hydrogen) atoms. The minimum atomic E-state index is -3.14. The number of sulfonamides is 1. The summed E-state index contributed by atoms with van der Waals surface area (Å²) in [5.41, 5.74) is 0. The van der Waals surface area contributed by atoms with Gasteiger partial charge in [-0.3, -0.25) is 4.90 Å². The van der Waals surface area contributed by atoms with Crippen molar-refractivity contribution >= 4 is 21.8 Å². The van der Waals surface area contributed by atoms with Gasteiger partial charge in [0.05, 0.1) is 5.75 Å². The first-order chi connectivity index (χ1) is 9.55. The first-order valence-electron chi connectivity index (χ1n) is 7.51. The smallest absolute Gasteiger partial charge is 0.212 e. The second kappa shape index (κ2) is 7.45. The van der Waals surface area contributed by atoms with Gasteiger partial charge in [0.2, 0.25) is 10.0 Å². The van der Waals surface area contributed by atoms with E-state index in [1.807, 2.05) is 11.8 Å². The van der Waals surface area contributed by atoms with Crippen molar-refractivity contribution in [2.75, 3.05) is 51.3 Å². The van der Waals surface area contributed by atoms with Gasteiger partial charge in [-0.15, -0.1) is 0 Å². The van der Waals surface area contributed by atoms with Crippen molar-refractivity contribution in [3.05, 3.63) is 0 Å². The Labute approximate surface area is 127 Å². The van der Waals surface area contributed by atoms with Crippen molar-refractivity contribution in [2.24, 2.45) is 0 Å². The maximum absolute atomic E-state index is 12.1. The van der Waals surface area contributed by atoms with Gasteiger partial charge < -0.3 is 5.32 Å². The van der Waals surface area contributed by atoms with Crippen molar-refractivity contribution in [1.29, 1.82) is 0 Å². The topological polar surface area (TPSA) is 61.4 Å². The van der Waals surface area contributed by atoms with E-state index in [1.165, 1.54) is 12.8 Å². The Kier molecular flexibility index (Phi) is 6.16. The summed E-state index contributed by atoms with van der Waals surface area (Å²) in [4.78, 5) is 2.22. The van der Waals surface area contributed by atoms with E-state index in [4.69, 9.17) is 0 Å². The summed E-state index contributed by atoms with van der Waals surface area (Å²) in [5.74, 6) is 0.220. The van der Waals surface area contributed by atoms with Gasteiger partial charge in [0.1, 0.15) is 0 Å². The number of thioether (sulfide) groups is 1. The normalized spacial score (nSPS) is 24.1. The van der Waals surface area contributed by atoms with Gasteiger partial charge in [0, 0.05) is 44.0 Å². The SMILES string of the molecule is CSC1(CNS(=O)(=O)CCN2CCNCC2)CCCC1. The van der Waals surface area contributed by atoms with Gasteiger partial charge in [-0.05, 0) is 19.1 Å². The van der Waals surface area contributed by atoms with Gasteiger partial charge in [0.15, 0.2) is 0 Å². The molecule has 0 amide bonds. The molecule has 0 bridgehead atoms. The fourth-order valence-electron chi connectivity index (χ4n) is 2.97. The van der Waals surface area contributed by atoms with Crippen molar-refractivity contribution < 1.29 is 8.42 Å². The Morgan fingerprint density at radius 1 is 1.25 bits per heavy atom. The molecule has 5 nitrogen and oxygen atoms in total. The van der Waals surface area contributed by atoms with Crippen molar-refractivity contribution in [2.45, 2.75) is 30.4 Å². The Morgan fingerprint density at radius 2 is 1.90 bits per heavy atom. The third-order valence-electron chi connectivity index (χ3n) is 4.45. The highest BCUT2D eigenvalue weighted by Crippen LogP contribution is 2.39. The molecule has 118 valence electrons. The van der Waals surface area contributed by atoms with E-state index in [0.717, 1.165) is 39.0 Å². The van der Waals surface area contributed by atoms with Gasteiger partial charge in [-0.25, -0.2) is 13.1 Å². The standard InChI is InChI=1S/C13H27N3O2S2/c1-19-13(4-2-3-5-13)12-15-20(17,18)11-10-16-8-6-14-7-9-16/h14-15H,2-12H2,1H3. The van der Waals surface area contributed by atoms with Crippen LogP contribution in [0, 0.1) is 0 Å². The molecule has 0 radical (unpaired) electrons. The minimum Gasteiger partial charge on any atom is -0.314 e. The van der Waals surface area contributed by atoms with Crippen LogP contribution in [0.2, 0.25) is 0 Å². The van der Waals surface area contributed by atoms with Crippen molar-refractivity contribution in [3.8, 4) is 0 Å². The zero-order valence-electron chi connectivity index (χ0n) is 12.4. The van der Waals surface area contributed by atoms with E-state index in [1.54, 1.807) is 0 Å². The first kappa shape index (κ1) is 16.5. The lowest BCUT2D eigenvalue weighted by atomic mass is 10.1. The Hall–Kier alpha value is 0.180. The maximum atomic E-state index is 12.1. The van der Waals surface area contributed by atoms with Crippen LogP contribution in [0.1, 0.15) is 25.7 Å². The molecule has 2 aliphatic rings. The van der Waals surface area contributed by atoms with Crippen LogP contribution in [0.15, 0.2) is 0 Å². The van der Waals surface area contributed by atoms with Crippen LogP contribution in [0.3, 0.4) is 0 Å². The van der Waals surface area contributed by atoms with E-state index in [0.29, 0.717) is 13.1 Å². The maximum Gasteiger partial charge on any atom is 0.212 e. The molecule has 1 heterocycles. The van der Waals surface area contributed by atoms with E-state index >= 15 is 0 Å². The third kappa shape index (κ3) is 4.87. The molecule has 2 N–H and O–H groups in total. The molecule has 0 aromatic carbocycles. The van der Waals surface area contributed by atoms with E-state index < -0.39 is 10.0 Å². The molecule has 2 fully saturated rings. The molecular formula is C13H27N3O2S2. The molecule has 0 unspecified atom stereocenters. The molecule has 0 atom stereocenters. The second-order valence-corrected chi connectivity index (χ2v) is 9.03. The summed E-state index contributed by atoms with van der Waals surface area (Å²) in [6, 6.07) is 0. The monoisotopic (exact) mass is 321 g/mol. The zero-order valence-corrected chi connectivity index (χ0v) is 14.0. The quantitative estimate of drug-likeness (QED) is 0.714. The molecule has 1 aliphatic carbocycles. The molecule has 0 aromatic rings. The number of hydrogen-bond donors (Lipinski definition) is 2. The summed E-state index contributed by atoms with van der Waals surface area (Å²) in [5, 5.41) is 3.28. The molecule has 1 saturated carbocycles. The number of hydrogen-bond acceptors (Lipinski definition) is 5. The lowest BCUT2D eigenvalue weighted by molar-refractivity contribution is 0.253. The highest BCUT2D eigenvalue weighted by molar-refractivity contribution is 8.00. The van der Waals surface area contributed by atoms with Crippen LogP contribution in [0.25, 0.3) is 0 Å². The Bertz CT molecular complexity index is 388. The number of nitrogens with one attached hydrogen (secondary N) is 2. The van der Waals surface area contributed by atoms with Crippen LogP contribution < -0.4 is 10.0 Å². The van der Waals surface area contributed by atoms with Crippen molar-refractivity contribution in [1.82, 2.24) is 14.9 Å². The van der Waals surface area contributed by atoms with Gasteiger partial charge in [0.25, 0.3) is 0 Å². The Morgan fingerprint density at radius 3 is 2.50 bits per heavy atom. The predicted molar refractivity (Wildman–Crippen MR) is 85.8 cm³/mol. The summed E-state index contributed by atoms with van der Waals surface area (Å²) >= 11 is 1.82. The van der Waals surface area contributed by atoms with Crippen LogP contribution >= 0.6 is 11.8 Å². The molecule has 0 aromatic heterocycles. The average Bonchev–Trinajstić information content (AvgIpc) is 2.94. The van der Waals surface area contributed by atoms with Gasteiger partial charge in [-0.2, -0.15) is 11.8 Å². The third-order valence-corrected chi connectivity index (χ3v) is 7.17. The minimum absolute atomic E-state index is 0.141. The van der Waals surface area contributed by atoms with Crippen LogP contribution in [0.4, 0.5) is 0 Å². The van der Waals surface area contributed by atoms with E-state index in [9.17, 15) is 8.42 Å². The van der Waals surface area contributed by atoms with Crippen LogP contribution in [0.5, 0.6) is 0 Å². The van der Waals surface area contributed by atoms with E-state index in [-0.39, 0.29) is 10.5 Å². The first-order valence-corrected chi connectivity index (χ1v) is 10.4. The lowest BCUT2D eigenvalue weighted by Crippen LogP contribution is -2.46. The molecule has 0 spiro atoms. The second-order valence-electron chi connectivity index (χ2n) is 5.83. The van der Waals surface area contributed by atoms with E-state index in [2.05, 4.69) is 21.2 Å². The Balaban J connectivity index is 1.75. The van der Waals surface area contributed by atoms with Crippen LogP contribution in [-0.4, -0.2) is 69.3 Å². The van der Waals surface area contributed by atoms with Gasteiger partial charge >= 0.3 is 0 Å². The summed E-state index contributed by atoms with van der Waals surface area (Å²) < 4.78 is 27.2. The van der Waals surface area contributed by atoms with Gasteiger partial charge in [-0.1, -0.05) is 12.8 Å². The molecule has 2 rings (SSSR count). The number of piperazine rings is 1.